The minimum Gasteiger partial charge on any atom is -0.307 e. The highest BCUT2D eigenvalue weighted by Crippen LogP contribution is 2.56. The monoisotopic (exact) mass is 1090 g/mol. The van der Waals surface area contributed by atoms with Gasteiger partial charge in [-0.1, -0.05) is 180 Å². The summed E-state index contributed by atoms with van der Waals surface area (Å²) in [5.74, 6) is 0. The van der Waals surface area contributed by atoms with Gasteiger partial charge in [0.2, 0.25) is 0 Å². The number of aromatic nitrogens is 2. The molecule has 2 heteroatoms. The molecule has 0 aliphatic heterocycles. The zero-order valence-corrected chi connectivity index (χ0v) is 51.1. The molecular weight excluding hydrogens is 1010 g/mol. The zero-order chi connectivity index (χ0) is 63.6. The second-order valence-corrected chi connectivity index (χ2v) is 28.7. The van der Waals surface area contributed by atoms with E-state index in [2.05, 4.69) is 225 Å². The Balaban J connectivity index is 1.16. The lowest BCUT2D eigenvalue weighted by molar-refractivity contribution is 0.590. The van der Waals surface area contributed by atoms with E-state index in [-0.39, 0.29) is 21.7 Å². The van der Waals surface area contributed by atoms with Crippen molar-refractivity contribution in [3.05, 3.63) is 214 Å². The molecule has 4 aromatic heterocycles. The van der Waals surface area contributed by atoms with Crippen molar-refractivity contribution in [2.24, 2.45) is 0 Å². The van der Waals surface area contributed by atoms with Gasteiger partial charge in [0, 0.05) is 62.4 Å². The molecule has 414 valence electrons. The van der Waals surface area contributed by atoms with Crippen LogP contribution in [0, 0.1) is 27.6 Å². The molecule has 0 unspecified atom stereocenters. The minimum absolute atomic E-state index is 0.0887. The number of hydrogen-bond acceptors (Lipinski definition) is 0. The van der Waals surface area contributed by atoms with Crippen LogP contribution >= 0.6 is 0 Å². The Hall–Kier alpha value is -8.46. The van der Waals surface area contributed by atoms with Gasteiger partial charge in [-0.05, 0) is 221 Å². The summed E-state index contributed by atoms with van der Waals surface area (Å²) in [6.07, 6.45) is 0. The fraction of sp³-hybridized carbons (Fsp3) is 0.244. The van der Waals surface area contributed by atoms with E-state index in [1.807, 2.05) is 38.1 Å². The Kier molecular flexibility index (Phi) is 9.61. The van der Waals surface area contributed by atoms with Crippen LogP contribution in [0.5, 0.6) is 0 Å². The molecular formula is C82H76N2. The van der Waals surface area contributed by atoms with Crippen LogP contribution in [-0.4, -0.2) is 8.80 Å². The van der Waals surface area contributed by atoms with Crippen LogP contribution in [0.3, 0.4) is 0 Å². The third kappa shape index (κ3) is 7.61. The molecule has 0 amide bonds. The average molecular weight is 1100 g/mol. The SMILES string of the molecule is [2H]C([2H])([2H])c1cccc(C)c1-c1ccc2cc(-c3c4c5cc(C(C)(C)C)cc6c7cc(C(C)(C)C)ccc7n(c4c(-c4ccc7cc(-c8c(C)cccc8C([2H])([2H])[2H])ccc7c4)c4c7cc(C(C)(C)C)cc8c9cc(C(C)(C)C)ccc9n(c34)c87)c65)ccc2c1. The second-order valence-electron chi connectivity index (χ2n) is 28.7. The minimum atomic E-state index is -2.28. The van der Waals surface area contributed by atoms with Crippen LogP contribution in [0.25, 0.3) is 142 Å². The van der Waals surface area contributed by atoms with Crippen molar-refractivity contribution in [2.45, 2.75) is 132 Å². The summed E-state index contributed by atoms with van der Waals surface area (Å²) in [5, 5.41) is 13.9. The second kappa shape index (κ2) is 17.6. The van der Waals surface area contributed by atoms with Crippen molar-refractivity contribution in [1.82, 2.24) is 8.80 Å². The molecule has 0 spiro atoms. The third-order valence-corrected chi connectivity index (χ3v) is 19.0. The molecule has 84 heavy (non-hydrogen) atoms. The van der Waals surface area contributed by atoms with E-state index in [4.69, 9.17) is 8.22 Å². The molecule has 15 rings (SSSR count). The normalized spacial score (nSPS) is 14.6. The first-order valence-corrected chi connectivity index (χ1v) is 30.1. The summed E-state index contributed by atoms with van der Waals surface area (Å²) in [6, 6.07) is 62.4. The van der Waals surface area contributed by atoms with Crippen molar-refractivity contribution >= 4 is 97.7 Å². The maximum Gasteiger partial charge on any atom is 0.0634 e. The standard InChI is InChI=1S/C82H76N2/c1-45-19-17-20-46(2)69(45)53-27-23-51-37-55(29-25-49(51)35-53)71-73-65-43-59(81(11,12)13)41-63-62-40-58(80(8,9)10)32-34-68(62)84(75(63)65)78(73)72(56-30-26-50-36-54(28-24-52(50)38-56)70-47(3)21-18-22-48(70)4)74-66-44-60(82(14,15)16)42-64-61-39-57(79(5,6)7)31-33-67(61)83(76(64)66)77(71)74/h17-44H,1-16H3/i1D3,3D3. The quantitative estimate of drug-likeness (QED) is 0.166. The van der Waals surface area contributed by atoms with Crippen molar-refractivity contribution in [2.75, 3.05) is 0 Å². The highest BCUT2D eigenvalue weighted by Gasteiger charge is 2.34. The molecule has 0 saturated carbocycles. The smallest absolute Gasteiger partial charge is 0.0634 e. The van der Waals surface area contributed by atoms with E-state index < -0.39 is 13.7 Å². The lowest BCUT2D eigenvalue weighted by atomic mass is 9.82. The van der Waals surface area contributed by atoms with E-state index in [9.17, 15) is 0 Å². The van der Waals surface area contributed by atoms with Gasteiger partial charge in [-0.3, -0.25) is 0 Å². The van der Waals surface area contributed by atoms with Crippen LogP contribution < -0.4 is 0 Å². The highest BCUT2D eigenvalue weighted by molar-refractivity contribution is 6.38. The van der Waals surface area contributed by atoms with Gasteiger partial charge in [0.1, 0.15) is 0 Å². The van der Waals surface area contributed by atoms with Gasteiger partial charge in [0.25, 0.3) is 0 Å². The molecule has 0 fully saturated rings. The molecule has 0 N–H and O–H groups in total. The molecule has 0 aliphatic rings. The van der Waals surface area contributed by atoms with E-state index >= 15 is 0 Å². The lowest BCUT2D eigenvalue weighted by Gasteiger charge is -2.21. The Bertz CT molecular complexity index is 5210. The van der Waals surface area contributed by atoms with Gasteiger partial charge < -0.3 is 8.80 Å². The van der Waals surface area contributed by atoms with Crippen molar-refractivity contribution in [3.63, 3.8) is 0 Å². The summed E-state index contributed by atoms with van der Waals surface area (Å²) >= 11 is 0. The Morgan fingerprint density at radius 3 is 0.929 bits per heavy atom. The van der Waals surface area contributed by atoms with E-state index in [1.54, 1.807) is 12.1 Å². The molecule has 2 nitrogen and oxygen atoms in total. The van der Waals surface area contributed by atoms with Crippen LogP contribution in [0.4, 0.5) is 0 Å². The number of rotatable bonds is 4. The first-order chi connectivity index (χ1) is 42.3. The van der Waals surface area contributed by atoms with E-state index in [1.165, 1.54) is 76.4 Å². The summed E-state index contributed by atoms with van der Waals surface area (Å²) in [4.78, 5) is 0. The van der Waals surface area contributed by atoms with E-state index in [0.717, 1.165) is 99.2 Å². The summed E-state index contributed by atoms with van der Waals surface area (Å²) in [5.41, 5.74) is 21.9. The van der Waals surface area contributed by atoms with Gasteiger partial charge in [-0.25, -0.2) is 0 Å². The molecule has 11 aromatic carbocycles. The van der Waals surface area contributed by atoms with Crippen LogP contribution in [0.1, 0.15) is 136 Å². The Morgan fingerprint density at radius 2 is 0.595 bits per heavy atom. The molecule has 0 bridgehead atoms. The largest absolute Gasteiger partial charge is 0.307 e. The maximum atomic E-state index is 8.56. The van der Waals surface area contributed by atoms with Crippen molar-refractivity contribution in [1.29, 1.82) is 0 Å². The third-order valence-electron chi connectivity index (χ3n) is 19.0. The fourth-order valence-electron chi connectivity index (χ4n) is 14.4. The lowest BCUT2D eigenvalue weighted by Crippen LogP contribution is -2.11. The average Bonchev–Trinajstić information content (AvgIpc) is 1.49. The molecule has 0 aliphatic carbocycles. The number of hydrogen-bond donors (Lipinski definition) is 0. The number of fused-ring (bicyclic) bond motifs is 14. The summed E-state index contributed by atoms with van der Waals surface area (Å²) in [7, 11) is 0. The van der Waals surface area contributed by atoms with Crippen LogP contribution in [-0.2, 0) is 21.7 Å². The van der Waals surface area contributed by atoms with Gasteiger partial charge in [-0.15, -0.1) is 0 Å². The first kappa shape index (κ1) is 46.0. The zero-order valence-electron chi connectivity index (χ0n) is 57.1. The Morgan fingerprint density at radius 1 is 0.286 bits per heavy atom. The first-order valence-electron chi connectivity index (χ1n) is 33.1. The van der Waals surface area contributed by atoms with Gasteiger partial charge in [-0.2, -0.15) is 0 Å². The number of aryl methyl sites for hydroxylation is 4. The Labute approximate surface area is 503 Å². The van der Waals surface area contributed by atoms with Crippen LogP contribution in [0.2, 0.25) is 0 Å². The molecule has 0 atom stereocenters. The van der Waals surface area contributed by atoms with E-state index in [0.29, 0.717) is 11.1 Å². The van der Waals surface area contributed by atoms with Crippen molar-refractivity contribution < 1.29 is 8.22 Å². The number of nitrogens with zero attached hydrogens (tertiary/aromatic N) is 2. The maximum absolute atomic E-state index is 8.56. The topological polar surface area (TPSA) is 8.82 Å². The summed E-state index contributed by atoms with van der Waals surface area (Å²) < 4.78 is 56.6. The van der Waals surface area contributed by atoms with Crippen LogP contribution in [0.15, 0.2) is 170 Å². The highest BCUT2D eigenvalue weighted by atomic mass is 14.9. The fourth-order valence-corrected chi connectivity index (χ4v) is 14.4. The molecule has 4 heterocycles. The molecule has 0 radical (unpaired) electrons. The predicted molar refractivity (Wildman–Crippen MR) is 366 cm³/mol. The number of benzene rings is 11. The van der Waals surface area contributed by atoms with Gasteiger partial charge >= 0.3 is 0 Å². The predicted octanol–water partition coefficient (Wildman–Crippen LogP) is 23.4. The van der Waals surface area contributed by atoms with Gasteiger partial charge in [0.15, 0.2) is 0 Å². The van der Waals surface area contributed by atoms with Gasteiger partial charge in [0.05, 0.1) is 33.1 Å². The van der Waals surface area contributed by atoms with Crippen molar-refractivity contribution in [3.8, 4) is 44.5 Å². The molecule has 15 aromatic rings. The molecule has 0 saturated heterocycles. The summed E-state index contributed by atoms with van der Waals surface area (Å²) in [6.45, 7) is 27.3.